The average Bonchev–Trinajstić information content (AvgIpc) is 2.57. The SMILES string of the molecule is CC.CC(C)c1ccc(C(=O)N2CCOCC2)cc1.CCC. The van der Waals surface area contributed by atoms with Gasteiger partial charge in [-0.2, -0.15) is 0 Å². The Bertz CT molecular complexity index is 392. The van der Waals surface area contributed by atoms with Crippen molar-refractivity contribution in [2.24, 2.45) is 0 Å². The molecule has 1 aromatic rings. The van der Waals surface area contributed by atoms with Crippen LogP contribution in [0.1, 0.15) is 69.8 Å². The first-order chi connectivity index (χ1) is 10.6. The molecule has 0 aliphatic carbocycles. The summed E-state index contributed by atoms with van der Waals surface area (Å²) in [7, 11) is 0. The van der Waals surface area contributed by atoms with Crippen molar-refractivity contribution in [3.05, 3.63) is 35.4 Å². The van der Waals surface area contributed by atoms with Crippen molar-refractivity contribution < 1.29 is 9.53 Å². The summed E-state index contributed by atoms with van der Waals surface area (Å²) < 4.78 is 5.24. The number of nitrogens with zero attached hydrogens (tertiary/aromatic N) is 1. The van der Waals surface area contributed by atoms with Crippen LogP contribution in [-0.2, 0) is 4.74 Å². The highest BCUT2D eigenvalue weighted by atomic mass is 16.5. The maximum atomic E-state index is 12.2. The lowest BCUT2D eigenvalue weighted by atomic mass is 10.0. The maximum Gasteiger partial charge on any atom is 0.254 e. The summed E-state index contributed by atoms with van der Waals surface area (Å²) in [5.74, 6) is 0.617. The first-order valence-electron chi connectivity index (χ1n) is 8.57. The van der Waals surface area contributed by atoms with E-state index in [0.717, 1.165) is 5.56 Å². The summed E-state index contributed by atoms with van der Waals surface area (Å²) in [6.07, 6.45) is 1.25. The number of rotatable bonds is 2. The lowest BCUT2D eigenvalue weighted by Gasteiger charge is -2.26. The van der Waals surface area contributed by atoms with E-state index in [-0.39, 0.29) is 5.91 Å². The van der Waals surface area contributed by atoms with Gasteiger partial charge in [0.2, 0.25) is 0 Å². The molecule has 2 rings (SSSR count). The highest BCUT2D eigenvalue weighted by Gasteiger charge is 2.18. The topological polar surface area (TPSA) is 29.5 Å². The molecule has 1 aliphatic rings. The van der Waals surface area contributed by atoms with E-state index in [0.29, 0.717) is 32.2 Å². The largest absolute Gasteiger partial charge is 0.378 e. The second-order valence-corrected chi connectivity index (χ2v) is 5.39. The molecule has 0 spiro atoms. The number of benzene rings is 1. The molecule has 0 N–H and O–H groups in total. The zero-order valence-corrected chi connectivity index (χ0v) is 15.2. The molecule has 0 bridgehead atoms. The molecule has 1 aromatic carbocycles. The number of morpholine rings is 1. The summed E-state index contributed by atoms with van der Waals surface area (Å²) in [5, 5.41) is 0. The Morgan fingerprint density at radius 2 is 1.55 bits per heavy atom. The minimum absolute atomic E-state index is 0.114. The number of ether oxygens (including phenoxy) is 1. The van der Waals surface area contributed by atoms with Crippen molar-refractivity contribution in [1.29, 1.82) is 0 Å². The second kappa shape index (κ2) is 12.2. The Morgan fingerprint density at radius 1 is 1.09 bits per heavy atom. The lowest BCUT2D eigenvalue weighted by Crippen LogP contribution is -2.40. The summed E-state index contributed by atoms with van der Waals surface area (Å²) in [6, 6.07) is 7.93. The monoisotopic (exact) mass is 307 g/mol. The van der Waals surface area contributed by atoms with Crippen LogP contribution in [0.4, 0.5) is 0 Å². The number of carbonyl (C=O) groups excluding carboxylic acids is 1. The van der Waals surface area contributed by atoms with Gasteiger partial charge in [0.25, 0.3) is 5.91 Å². The van der Waals surface area contributed by atoms with Gasteiger partial charge in [-0.15, -0.1) is 0 Å². The molecule has 1 aliphatic heterocycles. The number of amides is 1. The number of carbonyl (C=O) groups is 1. The molecule has 0 unspecified atom stereocenters. The van der Waals surface area contributed by atoms with Gasteiger partial charge in [0.05, 0.1) is 13.2 Å². The molecule has 126 valence electrons. The van der Waals surface area contributed by atoms with E-state index in [4.69, 9.17) is 4.74 Å². The molecule has 1 fully saturated rings. The van der Waals surface area contributed by atoms with Crippen molar-refractivity contribution in [2.75, 3.05) is 26.3 Å². The summed E-state index contributed by atoms with van der Waals surface area (Å²) >= 11 is 0. The quantitative estimate of drug-likeness (QED) is 0.791. The van der Waals surface area contributed by atoms with E-state index in [9.17, 15) is 4.79 Å². The lowest BCUT2D eigenvalue weighted by molar-refractivity contribution is 0.0303. The van der Waals surface area contributed by atoms with Gasteiger partial charge in [0.1, 0.15) is 0 Å². The zero-order valence-electron chi connectivity index (χ0n) is 15.2. The fraction of sp³-hybridized carbons (Fsp3) is 0.632. The molecule has 0 atom stereocenters. The predicted molar refractivity (Wildman–Crippen MR) is 94.6 cm³/mol. The minimum Gasteiger partial charge on any atom is -0.378 e. The maximum absolute atomic E-state index is 12.2. The van der Waals surface area contributed by atoms with Crippen molar-refractivity contribution >= 4 is 5.91 Å². The zero-order chi connectivity index (χ0) is 17.0. The normalized spacial score (nSPS) is 13.7. The highest BCUT2D eigenvalue weighted by Crippen LogP contribution is 2.16. The molecule has 0 saturated carbocycles. The Kier molecular flexibility index (Phi) is 11.5. The third-order valence-electron chi connectivity index (χ3n) is 3.12. The van der Waals surface area contributed by atoms with Crippen LogP contribution < -0.4 is 0 Å². The molecule has 0 radical (unpaired) electrons. The number of hydrogen-bond acceptors (Lipinski definition) is 2. The van der Waals surface area contributed by atoms with Crippen LogP contribution in [0.15, 0.2) is 24.3 Å². The van der Waals surface area contributed by atoms with Crippen molar-refractivity contribution in [3.8, 4) is 0 Å². The summed E-state index contributed by atoms with van der Waals surface area (Å²) in [4.78, 5) is 14.0. The van der Waals surface area contributed by atoms with Crippen molar-refractivity contribution in [1.82, 2.24) is 4.90 Å². The fourth-order valence-corrected chi connectivity index (χ4v) is 1.96. The molecule has 0 aromatic heterocycles. The Labute approximate surface area is 136 Å². The van der Waals surface area contributed by atoms with E-state index in [1.807, 2.05) is 43.0 Å². The molecule has 22 heavy (non-hydrogen) atoms. The van der Waals surface area contributed by atoms with Gasteiger partial charge in [0, 0.05) is 18.7 Å². The molecule has 1 heterocycles. The van der Waals surface area contributed by atoms with Crippen LogP contribution in [0.2, 0.25) is 0 Å². The van der Waals surface area contributed by atoms with Gasteiger partial charge in [-0.25, -0.2) is 0 Å². The van der Waals surface area contributed by atoms with Gasteiger partial charge in [-0.3, -0.25) is 4.79 Å². The average molecular weight is 307 g/mol. The second-order valence-electron chi connectivity index (χ2n) is 5.39. The van der Waals surface area contributed by atoms with Gasteiger partial charge < -0.3 is 9.64 Å². The first-order valence-corrected chi connectivity index (χ1v) is 8.57. The molecule has 3 heteroatoms. The van der Waals surface area contributed by atoms with E-state index >= 15 is 0 Å². The van der Waals surface area contributed by atoms with Gasteiger partial charge in [-0.1, -0.05) is 60.1 Å². The molecule has 1 saturated heterocycles. The third-order valence-corrected chi connectivity index (χ3v) is 3.12. The summed E-state index contributed by atoms with van der Waals surface area (Å²) in [5.41, 5.74) is 2.04. The van der Waals surface area contributed by atoms with E-state index in [1.165, 1.54) is 12.0 Å². The Hall–Kier alpha value is -1.35. The van der Waals surface area contributed by atoms with Crippen LogP contribution in [0.25, 0.3) is 0 Å². The van der Waals surface area contributed by atoms with Crippen LogP contribution in [0.5, 0.6) is 0 Å². The molecular formula is C19H33NO2. The molecule has 3 nitrogen and oxygen atoms in total. The highest BCUT2D eigenvalue weighted by molar-refractivity contribution is 5.94. The van der Waals surface area contributed by atoms with Gasteiger partial charge >= 0.3 is 0 Å². The molecular weight excluding hydrogens is 274 g/mol. The van der Waals surface area contributed by atoms with Crippen LogP contribution in [0, 0.1) is 0 Å². The van der Waals surface area contributed by atoms with Crippen LogP contribution >= 0.6 is 0 Å². The fourth-order valence-electron chi connectivity index (χ4n) is 1.96. The van der Waals surface area contributed by atoms with E-state index in [1.54, 1.807) is 0 Å². The minimum atomic E-state index is 0.114. The van der Waals surface area contributed by atoms with Crippen LogP contribution in [-0.4, -0.2) is 37.1 Å². The van der Waals surface area contributed by atoms with Crippen molar-refractivity contribution in [2.45, 2.75) is 53.9 Å². The Balaban J connectivity index is 0.000000789. The third kappa shape index (κ3) is 7.08. The Morgan fingerprint density at radius 3 is 1.95 bits per heavy atom. The van der Waals surface area contributed by atoms with E-state index < -0.39 is 0 Å². The van der Waals surface area contributed by atoms with Crippen molar-refractivity contribution in [3.63, 3.8) is 0 Å². The van der Waals surface area contributed by atoms with E-state index in [2.05, 4.69) is 27.7 Å². The van der Waals surface area contributed by atoms with Crippen LogP contribution in [0.3, 0.4) is 0 Å². The smallest absolute Gasteiger partial charge is 0.254 e. The summed E-state index contributed by atoms with van der Waals surface area (Å²) in [6.45, 7) is 15.2. The standard InChI is InChI=1S/C14H19NO2.C3H8.C2H6/c1-11(2)12-3-5-13(6-4-12)14(16)15-7-9-17-10-8-15;1-3-2;1-2/h3-6,11H,7-10H2,1-2H3;3H2,1-2H3;1-2H3. The van der Waals surface area contributed by atoms with Gasteiger partial charge in [0.15, 0.2) is 0 Å². The predicted octanol–water partition coefficient (Wildman–Crippen LogP) is 4.72. The number of hydrogen-bond donors (Lipinski definition) is 0. The first kappa shape index (κ1) is 20.6. The van der Waals surface area contributed by atoms with Gasteiger partial charge in [-0.05, 0) is 23.6 Å². The molecule has 1 amide bonds.